The Bertz CT molecular complexity index is 525. The van der Waals surface area contributed by atoms with E-state index in [1.165, 1.54) is 23.5 Å². The number of thiophene rings is 1. The lowest BCUT2D eigenvalue weighted by molar-refractivity contribution is 0.628. The van der Waals surface area contributed by atoms with Crippen LogP contribution in [0.5, 0.6) is 0 Å². The molecule has 1 aromatic carbocycles. The van der Waals surface area contributed by atoms with Crippen molar-refractivity contribution >= 4 is 27.1 Å². The third kappa shape index (κ3) is 1.32. The Hall–Kier alpha value is -1.60. The van der Waals surface area contributed by atoms with Gasteiger partial charge in [-0.3, -0.25) is 0 Å². The van der Waals surface area contributed by atoms with E-state index in [2.05, 4.69) is 0 Å². The minimum absolute atomic E-state index is 0.190. The van der Waals surface area contributed by atoms with Gasteiger partial charge in [0.25, 0.3) is 0 Å². The van der Waals surface area contributed by atoms with Crippen molar-refractivity contribution in [3.8, 4) is 6.07 Å². The molecule has 0 fully saturated rings. The van der Waals surface area contributed by atoms with Gasteiger partial charge in [0.2, 0.25) is 0 Å². The number of nitrogen functional groups attached to an aromatic ring is 1. The van der Waals surface area contributed by atoms with Crippen molar-refractivity contribution in [3.63, 3.8) is 0 Å². The van der Waals surface area contributed by atoms with E-state index >= 15 is 0 Å². The van der Waals surface area contributed by atoms with Crippen LogP contribution in [-0.4, -0.2) is 0 Å². The fourth-order valence-electron chi connectivity index (χ4n) is 1.47. The van der Waals surface area contributed by atoms with Crippen molar-refractivity contribution in [1.82, 2.24) is 0 Å². The summed E-state index contributed by atoms with van der Waals surface area (Å²) in [7, 11) is 0. The summed E-state index contributed by atoms with van der Waals surface area (Å²) in [5, 5.41) is 11.2. The monoisotopic (exact) mass is 206 g/mol. The number of hydrogen-bond acceptors (Lipinski definition) is 3. The summed E-state index contributed by atoms with van der Waals surface area (Å²) >= 11 is 1.39. The number of halogens is 1. The van der Waals surface area contributed by atoms with Crippen LogP contribution in [0.4, 0.5) is 10.1 Å². The zero-order valence-electron chi connectivity index (χ0n) is 7.25. The van der Waals surface area contributed by atoms with Gasteiger partial charge in [-0.15, -0.1) is 11.3 Å². The van der Waals surface area contributed by atoms with Crippen molar-refractivity contribution in [2.75, 3.05) is 5.73 Å². The SMILES string of the molecule is N#CCc1cc(F)cc2scc(N)c12. The number of nitriles is 1. The maximum atomic E-state index is 13.1. The molecule has 2 rings (SSSR count). The first-order valence-corrected chi connectivity index (χ1v) is 4.92. The average molecular weight is 206 g/mol. The molecule has 4 heteroatoms. The molecule has 70 valence electrons. The van der Waals surface area contributed by atoms with E-state index < -0.39 is 0 Å². The first-order valence-electron chi connectivity index (χ1n) is 4.04. The molecule has 0 atom stereocenters. The van der Waals surface area contributed by atoms with E-state index in [1.54, 1.807) is 5.38 Å². The predicted molar refractivity (Wildman–Crippen MR) is 55.5 cm³/mol. The van der Waals surface area contributed by atoms with Gasteiger partial charge in [-0.1, -0.05) is 0 Å². The van der Waals surface area contributed by atoms with E-state index in [9.17, 15) is 4.39 Å². The van der Waals surface area contributed by atoms with Crippen molar-refractivity contribution in [3.05, 3.63) is 28.9 Å². The number of nitrogens with zero attached hydrogens (tertiary/aromatic N) is 1. The molecule has 0 aliphatic heterocycles. The number of benzene rings is 1. The number of anilines is 1. The minimum atomic E-state index is -0.315. The molecule has 0 saturated heterocycles. The zero-order valence-corrected chi connectivity index (χ0v) is 8.07. The molecule has 0 spiro atoms. The Balaban J connectivity index is 2.78. The first kappa shape index (κ1) is 8.97. The summed E-state index contributed by atoms with van der Waals surface area (Å²) in [6.07, 6.45) is 0.190. The maximum Gasteiger partial charge on any atom is 0.124 e. The second kappa shape index (κ2) is 3.28. The first-order chi connectivity index (χ1) is 6.72. The van der Waals surface area contributed by atoms with Crippen LogP contribution in [0.1, 0.15) is 5.56 Å². The minimum Gasteiger partial charge on any atom is -0.398 e. The van der Waals surface area contributed by atoms with Crippen LogP contribution >= 0.6 is 11.3 Å². The lowest BCUT2D eigenvalue weighted by atomic mass is 10.1. The Morgan fingerprint density at radius 1 is 1.50 bits per heavy atom. The van der Waals surface area contributed by atoms with Crippen LogP contribution in [0.3, 0.4) is 0 Å². The lowest BCUT2D eigenvalue weighted by Crippen LogP contribution is -1.89. The Labute approximate surface area is 84.4 Å². The van der Waals surface area contributed by atoms with E-state index in [-0.39, 0.29) is 12.2 Å². The topological polar surface area (TPSA) is 49.8 Å². The molecule has 14 heavy (non-hydrogen) atoms. The fourth-order valence-corrected chi connectivity index (χ4v) is 2.39. The molecular weight excluding hydrogens is 199 g/mol. The third-order valence-corrected chi connectivity index (χ3v) is 2.97. The van der Waals surface area contributed by atoms with Gasteiger partial charge in [-0.25, -0.2) is 4.39 Å². The van der Waals surface area contributed by atoms with Crippen molar-refractivity contribution in [2.45, 2.75) is 6.42 Å². The van der Waals surface area contributed by atoms with Gasteiger partial charge in [-0.2, -0.15) is 5.26 Å². The van der Waals surface area contributed by atoms with Crippen molar-refractivity contribution < 1.29 is 4.39 Å². The molecule has 0 radical (unpaired) electrons. The fraction of sp³-hybridized carbons (Fsp3) is 0.100. The Kier molecular flexibility index (Phi) is 2.10. The average Bonchev–Trinajstić information content (AvgIpc) is 2.48. The van der Waals surface area contributed by atoms with Crippen LogP contribution in [0.25, 0.3) is 10.1 Å². The van der Waals surface area contributed by atoms with Gasteiger partial charge in [-0.05, 0) is 17.7 Å². The molecule has 2 N–H and O–H groups in total. The third-order valence-electron chi connectivity index (χ3n) is 2.02. The second-order valence-electron chi connectivity index (χ2n) is 2.96. The highest BCUT2D eigenvalue weighted by molar-refractivity contribution is 7.17. The molecule has 0 bridgehead atoms. The second-order valence-corrected chi connectivity index (χ2v) is 3.88. The molecular formula is C10H7FN2S. The summed E-state index contributed by atoms with van der Waals surface area (Å²) < 4.78 is 13.9. The van der Waals surface area contributed by atoms with E-state index in [0.29, 0.717) is 11.3 Å². The van der Waals surface area contributed by atoms with E-state index in [0.717, 1.165) is 10.1 Å². The summed E-state index contributed by atoms with van der Waals surface area (Å²) in [6.45, 7) is 0. The van der Waals surface area contributed by atoms with Gasteiger partial charge in [0.1, 0.15) is 5.82 Å². The van der Waals surface area contributed by atoms with Crippen molar-refractivity contribution in [1.29, 1.82) is 5.26 Å². The Morgan fingerprint density at radius 2 is 2.29 bits per heavy atom. The molecule has 0 saturated carbocycles. The smallest absolute Gasteiger partial charge is 0.124 e. The highest BCUT2D eigenvalue weighted by atomic mass is 32.1. The molecule has 1 aromatic heterocycles. The quantitative estimate of drug-likeness (QED) is 0.779. The molecule has 2 nitrogen and oxygen atoms in total. The highest BCUT2D eigenvalue weighted by Crippen LogP contribution is 2.32. The number of rotatable bonds is 1. The van der Waals surface area contributed by atoms with Gasteiger partial charge < -0.3 is 5.73 Å². The Morgan fingerprint density at radius 3 is 3.00 bits per heavy atom. The maximum absolute atomic E-state index is 13.1. The van der Waals surface area contributed by atoms with E-state index in [4.69, 9.17) is 11.0 Å². The number of nitrogens with two attached hydrogens (primary N) is 1. The van der Waals surface area contributed by atoms with Crippen LogP contribution in [0.15, 0.2) is 17.5 Å². The van der Waals surface area contributed by atoms with Crippen molar-refractivity contribution in [2.24, 2.45) is 0 Å². The molecule has 0 aliphatic carbocycles. The van der Waals surface area contributed by atoms with Gasteiger partial charge >= 0.3 is 0 Å². The molecule has 0 aliphatic rings. The highest BCUT2D eigenvalue weighted by Gasteiger charge is 2.08. The summed E-state index contributed by atoms with van der Waals surface area (Å²) in [4.78, 5) is 0. The largest absolute Gasteiger partial charge is 0.398 e. The molecule has 0 unspecified atom stereocenters. The summed E-state index contributed by atoms with van der Waals surface area (Å²) in [5.74, 6) is -0.315. The standard InChI is InChI=1S/C10H7FN2S/c11-7-3-6(1-2-12)10-8(13)5-14-9(10)4-7/h3-5H,1,13H2. The lowest BCUT2D eigenvalue weighted by Gasteiger charge is -2.00. The molecule has 2 aromatic rings. The molecule has 0 amide bonds. The summed E-state index contributed by atoms with van der Waals surface area (Å²) in [5.41, 5.74) is 7.02. The normalized spacial score (nSPS) is 10.3. The van der Waals surface area contributed by atoms with Crippen LogP contribution in [-0.2, 0) is 6.42 Å². The van der Waals surface area contributed by atoms with Crippen LogP contribution in [0, 0.1) is 17.1 Å². The summed E-state index contributed by atoms with van der Waals surface area (Å²) in [6, 6.07) is 4.81. The number of fused-ring (bicyclic) bond motifs is 1. The predicted octanol–water partition coefficient (Wildman–Crippen LogP) is 2.69. The van der Waals surface area contributed by atoms with Gasteiger partial charge in [0.05, 0.1) is 18.2 Å². The van der Waals surface area contributed by atoms with E-state index in [1.807, 2.05) is 6.07 Å². The van der Waals surface area contributed by atoms with Crippen LogP contribution < -0.4 is 5.73 Å². The molecule has 1 heterocycles. The van der Waals surface area contributed by atoms with Crippen LogP contribution in [0.2, 0.25) is 0 Å². The van der Waals surface area contributed by atoms with Gasteiger partial charge in [0.15, 0.2) is 0 Å². The zero-order chi connectivity index (χ0) is 10.1. The van der Waals surface area contributed by atoms with Gasteiger partial charge in [0, 0.05) is 15.5 Å². The number of hydrogen-bond donors (Lipinski definition) is 1.